The van der Waals surface area contributed by atoms with E-state index in [9.17, 15) is 0 Å². The third kappa shape index (κ3) is 2.56. The van der Waals surface area contributed by atoms with E-state index in [0.717, 1.165) is 22.4 Å². The molecular weight excluding hydrogens is 224 g/mol. The maximum Gasteiger partial charge on any atom is 0.147 e. The van der Waals surface area contributed by atoms with Crippen molar-refractivity contribution in [3.05, 3.63) is 22.8 Å². The quantitative estimate of drug-likeness (QED) is 0.868. The first kappa shape index (κ1) is 11.5. The minimum Gasteiger partial charge on any atom is -0.265 e. The molecule has 0 spiro atoms. The fraction of sp³-hybridized carbons (Fsp3) is 0.600. The van der Waals surface area contributed by atoms with Crippen LogP contribution in [0.25, 0.3) is 0 Å². The molecule has 16 heavy (non-hydrogen) atoms. The average Bonchev–Trinajstić information content (AvgIpc) is 2.66. The number of aryl methyl sites for hydroxylation is 2. The topological polar surface area (TPSA) is 52.0 Å². The summed E-state index contributed by atoms with van der Waals surface area (Å²) in [7, 11) is 1.91. The molecule has 0 aromatic carbocycles. The molecule has 1 aliphatic rings. The van der Waals surface area contributed by atoms with Crippen LogP contribution in [0.5, 0.6) is 0 Å². The van der Waals surface area contributed by atoms with Crippen LogP contribution in [-0.2, 0) is 17.6 Å². The summed E-state index contributed by atoms with van der Waals surface area (Å²) in [6.07, 6.45) is 2.07. The molecule has 0 saturated carbocycles. The van der Waals surface area contributed by atoms with E-state index in [4.69, 9.17) is 4.84 Å². The monoisotopic (exact) mass is 240 g/mol. The molecular formula is C10H16N4OS. The van der Waals surface area contributed by atoms with Crippen molar-refractivity contribution in [3.63, 3.8) is 0 Å². The van der Waals surface area contributed by atoms with Gasteiger partial charge in [-0.1, -0.05) is 11.8 Å². The number of hydroxylamine groups is 1. The summed E-state index contributed by atoms with van der Waals surface area (Å²) in [6.45, 7) is 5.92. The van der Waals surface area contributed by atoms with Gasteiger partial charge in [0.05, 0.1) is 10.8 Å². The van der Waals surface area contributed by atoms with E-state index in [-0.39, 0.29) is 5.60 Å². The molecule has 0 radical (unpaired) electrons. The van der Waals surface area contributed by atoms with Gasteiger partial charge >= 0.3 is 0 Å². The Hall–Kier alpha value is -1.01. The molecule has 1 N–H and O–H groups in total. The van der Waals surface area contributed by atoms with Crippen molar-refractivity contribution >= 4 is 11.8 Å². The number of aromatic nitrogens is 3. The summed E-state index contributed by atoms with van der Waals surface area (Å²) in [4.78, 5) is 9.71. The van der Waals surface area contributed by atoms with Gasteiger partial charge < -0.3 is 0 Å². The molecule has 0 fully saturated rings. The molecule has 2 heterocycles. The van der Waals surface area contributed by atoms with Gasteiger partial charge in [0.25, 0.3) is 0 Å². The number of nitrogens with zero attached hydrogens (tertiary/aromatic N) is 3. The highest BCUT2D eigenvalue weighted by Crippen LogP contribution is 2.27. The van der Waals surface area contributed by atoms with Crippen LogP contribution in [0.3, 0.4) is 0 Å². The third-order valence-electron chi connectivity index (χ3n) is 2.21. The van der Waals surface area contributed by atoms with Gasteiger partial charge in [-0.25, -0.2) is 4.98 Å². The molecule has 1 aromatic heterocycles. The molecule has 0 amide bonds. The van der Waals surface area contributed by atoms with Gasteiger partial charge in [-0.05, 0) is 26.8 Å². The fourth-order valence-corrected chi connectivity index (χ4v) is 2.46. The van der Waals surface area contributed by atoms with Crippen molar-refractivity contribution < 1.29 is 4.84 Å². The lowest BCUT2D eigenvalue weighted by atomic mass is 10.1. The second kappa shape index (κ2) is 4.10. The Morgan fingerprint density at radius 1 is 1.56 bits per heavy atom. The predicted molar refractivity (Wildman–Crippen MR) is 63.4 cm³/mol. The molecule has 0 saturated heterocycles. The molecule has 0 unspecified atom stereocenters. The Morgan fingerprint density at radius 2 is 2.31 bits per heavy atom. The zero-order valence-electron chi connectivity index (χ0n) is 9.94. The number of thioether (sulfide) groups is 1. The van der Waals surface area contributed by atoms with Gasteiger partial charge in [0.1, 0.15) is 17.2 Å². The number of hydrogen-bond donors (Lipinski definition) is 1. The Balaban J connectivity index is 1.96. The van der Waals surface area contributed by atoms with Crippen LogP contribution in [0.1, 0.15) is 25.5 Å². The minimum atomic E-state index is -0.224. The summed E-state index contributed by atoms with van der Waals surface area (Å²) in [5.74, 6) is 2.56. The van der Waals surface area contributed by atoms with Crippen molar-refractivity contribution in [3.8, 4) is 0 Å². The van der Waals surface area contributed by atoms with Gasteiger partial charge in [-0.3, -0.25) is 15.0 Å². The summed E-state index contributed by atoms with van der Waals surface area (Å²) in [6, 6.07) is 0. The lowest BCUT2D eigenvalue weighted by molar-refractivity contribution is -0.0126. The highest BCUT2D eigenvalue weighted by molar-refractivity contribution is 8.02. The maximum absolute atomic E-state index is 5.37. The Bertz CT molecular complexity index is 424. The second-order valence-electron chi connectivity index (χ2n) is 4.30. The van der Waals surface area contributed by atoms with E-state index in [2.05, 4.69) is 21.6 Å². The Morgan fingerprint density at radius 3 is 2.81 bits per heavy atom. The summed E-state index contributed by atoms with van der Waals surface area (Å²) in [5, 5.41) is 5.24. The molecule has 2 rings (SSSR count). The minimum absolute atomic E-state index is 0.224. The van der Waals surface area contributed by atoms with Gasteiger partial charge in [-0.2, -0.15) is 5.10 Å². The second-order valence-corrected chi connectivity index (χ2v) is 5.32. The van der Waals surface area contributed by atoms with Crippen molar-refractivity contribution in [1.82, 2.24) is 20.2 Å². The summed E-state index contributed by atoms with van der Waals surface area (Å²) >= 11 is 1.67. The van der Waals surface area contributed by atoms with E-state index < -0.39 is 0 Å². The van der Waals surface area contributed by atoms with Gasteiger partial charge in [0.2, 0.25) is 0 Å². The van der Waals surface area contributed by atoms with Gasteiger partial charge in [0, 0.05) is 7.05 Å². The summed E-state index contributed by atoms with van der Waals surface area (Å²) in [5.41, 5.74) is 2.69. The number of hydrogen-bond acceptors (Lipinski definition) is 5. The standard InChI is InChI=1S/C10H16N4OS/c1-7-11-8(14(4)12-7)6-16-9-5-10(2,3)15-13-9/h5,13H,6H2,1-4H3. The van der Waals surface area contributed by atoms with Crippen molar-refractivity contribution in [1.29, 1.82) is 0 Å². The average molecular weight is 240 g/mol. The highest BCUT2D eigenvalue weighted by Gasteiger charge is 2.24. The number of rotatable bonds is 3. The van der Waals surface area contributed by atoms with E-state index in [0.29, 0.717) is 0 Å². The maximum atomic E-state index is 5.37. The van der Waals surface area contributed by atoms with Crippen LogP contribution in [0, 0.1) is 6.92 Å². The lowest BCUT2D eigenvalue weighted by Crippen LogP contribution is -2.20. The zero-order chi connectivity index (χ0) is 11.8. The van der Waals surface area contributed by atoms with Crippen LogP contribution < -0.4 is 5.48 Å². The summed E-state index contributed by atoms with van der Waals surface area (Å²) < 4.78 is 1.81. The van der Waals surface area contributed by atoms with Crippen LogP contribution >= 0.6 is 11.8 Å². The van der Waals surface area contributed by atoms with Crippen LogP contribution in [-0.4, -0.2) is 20.4 Å². The molecule has 0 bridgehead atoms. The van der Waals surface area contributed by atoms with Gasteiger partial charge in [0.15, 0.2) is 0 Å². The van der Waals surface area contributed by atoms with Crippen LogP contribution in [0.15, 0.2) is 11.1 Å². The smallest absolute Gasteiger partial charge is 0.147 e. The first-order valence-corrected chi connectivity index (χ1v) is 6.11. The first-order chi connectivity index (χ1) is 7.46. The molecule has 0 aliphatic carbocycles. The highest BCUT2D eigenvalue weighted by atomic mass is 32.2. The largest absolute Gasteiger partial charge is 0.265 e. The Kier molecular flexibility index (Phi) is 2.94. The van der Waals surface area contributed by atoms with Crippen molar-refractivity contribution in [2.75, 3.05) is 0 Å². The predicted octanol–water partition coefficient (Wildman–Crippen LogP) is 1.51. The van der Waals surface area contributed by atoms with E-state index >= 15 is 0 Å². The van der Waals surface area contributed by atoms with E-state index in [1.54, 1.807) is 11.8 Å². The zero-order valence-corrected chi connectivity index (χ0v) is 10.8. The SMILES string of the molecule is Cc1nc(CSC2=CC(C)(C)ON2)n(C)n1. The van der Waals surface area contributed by atoms with Crippen molar-refractivity contribution in [2.24, 2.45) is 7.05 Å². The Labute approximate surface area is 99.2 Å². The molecule has 0 atom stereocenters. The van der Waals surface area contributed by atoms with E-state index in [1.807, 2.05) is 32.5 Å². The van der Waals surface area contributed by atoms with Crippen molar-refractivity contribution in [2.45, 2.75) is 32.1 Å². The normalized spacial score (nSPS) is 18.4. The third-order valence-corrected chi connectivity index (χ3v) is 3.12. The molecule has 5 nitrogen and oxygen atoms in total. The fourth-order valence-electron chi connectivity index (χ4n) is 1.45. The van der Waals surface area contributed by atoms with E-state index in [1.165, 1.54) is 0 Å². The molecule has 88 valence electrons. The molecule has 1 aliphatic heterocycles. The van der Waals surface area contributed by atoms with Gasteiger partial charge in [-0.15, -0.1) is 0 Å². The number of nitrogens with one attached hydrogen (secondary N) is 1. The van der Waals surface area contributed by atoms with Crippen LogP contribution in [0.2, 0.25) is 0 Å². The lowest BCUT2D eigenvalue weighted by Gasteiger charge is -2.11. The molecule has 6 heteroatoms. The van der Waals surface area contributed by atoms with Crippen LogP contribution in [0.4, 0.5) is 0 Å². The first-order valence-electron chi connectivity index (χ1n) is 5.12. The molecule has 1 aromatic rings.